The topological polar surface area (TPSA) is 69.4 Å². The van der Waals surface area contributed by atoms with E-state index < -0.39 is 0 Å². The first kappa shape index (κ1) is 24.5. The molecule has 138 valence electrons. The van der Waals surface area contributed by atoms with E-state index in [1.807, 2.05) is 33.8 Å². The highest BCUT2D eigenvalue weighted by atomic mass is 16.6. The smallest absolute Gasteiger partial charge is 0.269 e. The fourth-order valence-corrected chi connectivity index (χ4v) is 1.52. The Morgan fingerprint density at radius 3 is 2.04 bits per heavy atom. The van der Waals surface area contributed by atoms with Gasteiger partial charge in [0.15, 0.2) is 0 Å². The van der Waals surface area contributed by atoms with Crippen LogP contribution in [0.1, 0.15) is 59.1 Å². The van der Waals surface area contributed by atoms with Crippen LogP contribution in [0.5, 0.6) is 0 Å². The van der Waals surface area contributed by atoms with Gasteiger partial charge >= 0.3 is 0 Å². The van der Waals surface area contributed by atoms with Crippen LogP contribution in [0.25, 0.3) is 0 Å². The molecule has 0 heterocycles. The van der Waals surface area contributed by atoms with E-state index in [-0.39, 0.29) is 16.2 Å². The minimum absolute atomic E-state index is 0.0417. The normalized spacial score (nSPS) is 10.2. The fraction of sp³-hybridized carbons (Fsp3) is 0.632. The van der Waals surface area contributed by atoms with E-state index in [0.29, 0.717) is 5.92 Å². The van der Waals surface area contributed by atoms with Crippen LogP contribution in [0.3, 0.4) is 0 Å². The lowest BCUT2D eigenvalue weighted by molar-refractivity contribution is -0.384. The molecule has 0 bridgehead atoms. The summed E-state index contributed by atoms with van der Waals surface area (Å²) in [5, 5.41) is 10.5. The minimum Gasteiger partial charge on any atom is -0.379 e. The summed E-state index contributed by atoms with van der Waals surface area (Å²) in [4.78, 5) is 19.0. The number of aryl methyl sites for hydroxylation is 2. The molecule has 1 aromatic rings. The van der Waals surface area contributed by atoms with Gasteiger partial charge in [0.2, 0.25) is 0 Å². The lowest BCUT2D eigenvalue weighted by Crippen LogP contribution is -2.15. The second kappa shape index (κ2) is 12.6. The highest BCUT2D eigenvalue weighted by molar-refractivity contribution is 5.44. The molecule has 0 atom stereocenters. The maximum absolute atomic E-state index is 10.5. The Labute approximate surface area is 146 Å². The Balaban J connectivity index is 0. The molecule has 0 saturated carbocycles. The summed E-state index contributed by atoms with van der Waals surface area (Å²) in [6.07, 6.45) is 2.88. The first-order valence-electron chi connectivity index (χ1n) is 8.17. The van der Waals surface area contributed by atoms with Crippen molar-refractivity contribution in [3.8, 4) is 0 Å². The molecule has 0 aromatic heterocycles. The molecule has 5 nitrogen and oxygen atoms in total. The van der Waals surface area contributed by atoms with Crippen molar-refractivity contribution < 1.29 is 14.5 Å². The van der Waals surface area contributed by atoms with Crippen molar-refractivity contribution >= 4 is 12.0 Å². The van der Waals surface area contributed by atoms with Gasteiger partial charge in [0, 0.05) is 19.2 Å². The van der Waals surface area contributed by atoms with Gasteiger partial charge in [-0.05, 0) is 64.5 Å². The summed E-state index contributed by atoms with van der Waals surface area (Å²) >= 11 is 0. The number of hydrogen-bond acceptors (Lipinski definition) is 4. The van der Waals surface area contributed by atoms with Crippen molar-refractivity contribution in [2.24, 2.45) is 5.92 Å². The van der Waals surface area contributed by atoms with Crippen molar-refractivity contribution in [2.75, 3.05) is 7.11 Å². The zero-order chi connectivity index (χ0) is 19.3. The van der Waals surface area contributed by atoms with Crippen LogP contribution in [0.2, 0.25) is 0 Å². The molecule has 0 unspecified atom stereocenters. The number of methoxy groups -OCH3 is 1. The largest absolute Gasteiger partial charge is 0.379 e. The van der Waals surface area contributed by atoms with Gasteiger partial charge in [-0.15, -0.1) is 0 Å². The Kier molecular flexibility index (Phi) is 12.9. The molecule has 0 amide bonds. The molecule has 0 fully saturated rings. The van der Waals surface area contributed by atoms with Gasteiger partial charge in [0.1, 0.15) is 6.29 Å². The average molecular weight is 339 g/mol. The number of carbonyl (C=O) groups is 1. The van der Waals surface area contributed by atoms with Gasteiger partial charge in [0.05, 0.1) is 10.5 Å². The number of carbonyl (C=O) groups excluding carboxylic acids is 1. The third-order valence-electron chi connectivity index (χ3n) is 3.14. The first-order chi connectivity index (χ1) is 11.0. The Hall–Kier alpha value is -1.75. The second-order valence-electron chi connectivity index (χ2n) is 6.85. The van der Waals surface area contributed by atoms with Crippen LogP contribution in [0, 0.1) is 23.0 Å². The number of nitrogens with zero attached hydrogens (tertiary/aromatic N) is 1. The van der Waals surface area contributed by atoms with Gasteiger partial charge in [0.25, 0.3) is 5.69 Å². The molecule has 1 aromatic carbocycles. The maximum Gasteiger partial charge on any atom is 0.269 e. The maximum atomic E-state index is 10.5. The first-order valence-corrected chi connectivity index (χ1v) is 8.17. The highest BCUT2D eigenvalue weighted by Gasteiger charge is 2.08. The van der Waals surface area contributed by atoms with E-state index in [2.05, 4.69) is 13.8 Å². The van der Waals surface area contributed by atoms with Crippen molar-refractivity contribution in [1.29, 1.82) is 0 Å². The molecule has 0 saturated heterocycles. The average Bonchev–Trinajstić information content (AvgIpc) is 2.46. The molecule has 24 heavy (non-hydrogen) atoms. The standard InChI is InChI=1S/C12H17NO2.C5H12O.C2H4O/c1-9(2)4-5-11-6-7-12(13(14)15)8-10(11)3;1-5(2,3)6-4;1-2-3/h6-9H,4-5H2,1-3H3;1-4H3;2H,1H3. The summed E-state index contributed by atoms with van der Waals surface area (Å²) in [6.45, 7) is 13.8. The van der Waals surface area contributed by atoms with E-state index >= 15 is 0 Å². The van der Waals surface area contributed by atoms with Crippen molar-refractivity contribution in [3.63, 3.8) is 0 Å². The predicted molar refractivity (Wildman–Crippen MR) is 99.5 cm³/mol. The van der Waals surface area contributed by atoms with Crippen LogP contribution in [0.15, 0.2) is 18.2 Å². The van der Waals surface area contributed by atoms with E-state index in [1.165, 1.54) is 12.5 Å². The molecule has 0 aliphatic heterocycles. The summed E-state index contributed by atoms with van der Waals surface area (Å²) in [5.74, 6) is 0.666. The van der Waals surface area contributed by atoms with Crippen LogP contribution < -0.4 is 0 Å². The van der Waals surface area contributed by atoms with Crippen LogP contribution in [-0.2, 0) is 16.0 Å². The van der Waals surface area contributed by atoms with Gasteiger partial charge in [-0.3, -0.25) is 10.1 Å². The van der Waals surface area contributed by atoms with Crippen LogP contribution in [-0.4, -0.2) is 23.9 Å². The quantitative estimate of drug-likeness (QED) is 0.433. The monoisotopic (exact) mass is 339 g/mol. The Morgan fingerprint density at radius 2 is 1.75 bits per heavy atom. The molecule has 0 N–H and O–H groups in total. The molecule has 1 rings (SSSR count). The number of benzene rings is 1. The Bertz CT molecular complexity index is 491. The van der Waals surface area contributed by atoms with Gasteiger partial charge < -0.3 is 9.53 Å². The van der Waals surface area contributed by atoms with E-state index in [0.717, 1.165) is 24.7 Å². The van der Waals surface area contributed by atoms with Gasteiger partial charge in [-0.25, -0.2) is 0 Å². The number of nitro benzene ring substituents is 1. The van der Waals surface area contributed by atoms with Gasteiger partial charge in [-0.1, -0.05) is 19.9 Å². The zero-order valence-corrected chi connectivity index (χ0v) is 16.4. The molecular weight excluding hydrogens is 306 g/mol. The Morgan fingerprint density at radius 1 is 1.29 bits per heavy atom. The van der Waals surface area contributed by atoms with Crippen molar-refractivity contribution in [1.82, 2.24) is 0 Å². The fourth-order valence-electron chi connectivity index (χ4n) is 1.52. The summed E-state index contributed by atoms with van der Waals surface area (Å²) in [5.41, 5.74) is 2.46. The summed E-state index contributed by atoms with van der Waals surface area (Å²) in [6, 6.07) is 5.11. The molecule has 0 aliphatic rings. The molecule has 0 spiro atoms. The number of non-ortho nitro benzene ring substituents is 1. The number of aldehydes is 1. The molecular formula is C19H33NO4. The third-order valence-corrected chi connectivity index (χ3v) is 3.14. The number of rotatable bonds is 4. The lowest BCUT2D eigenvalue weighted by atomic mass is 9.99. The molecule has 5 heteroatoms. The SMILES string of the molecule is CC=O.COC(C)(C)C.Cc1cc([N+](=O)[O-])ccc1CCC(C)C. The number of nitro groups is 1. The molecule has 0 aliphatic carbocycles. The summed E-state index contributed by atoms with van der Waals surface area (Å²) in [7, 11) is 1.71. The number of ether oxygens (including phenoxy) is 1. The van der Waals surface area contributed by atoms with Crippen molar-refractivity contribution in [3.05, 3.63) is 39.4 Å². The second-order valence-corrected chi connectivity index (χ2v) is 6.85. The van der Waals surface area contributed by atoms with E-state index in [9.17, 15) is 10.1 Å². The van der Waals surface area contributed by atoms with Crippen LogP contribution in [0.4, 0.5) is 5.69 Å². The zero-order valence-electron chi connectivity index (χ0n) is 16.4. The van der Waals surface area contributed by atoms with Crippen molar-refractivity contribution in [2.45, 2.75) is 66.9 Å². The van der Waals surface area contributed by atoms with E-state index in [4.69, 9.17) is 9.53 Å². The van der Waals surface area contributed by atoms with Crippen LogP contribution >= 0.6 is 0 Å². The predicted octanol–water partition coefficient (Wildman–Crippen LogP) is 5.13. The number of hydrogen-bond donors (Lipinski definition) is 0. The van der Waals surface area contributed by atoms with E-state index in [1.54, 1.807) is 19.2 Å². The third kappa shape index (κ3) is 13.9. The molecule has 0 radical (unpaired) electrons. The van der Waals surface area contributed by atoms with Gasteiger partial charge in [-0.2, -0.15) is 0 Å². The summed E-state index contributed by atoms with van der Waals surface area (Å²) < 4.78 is 4.94. The minimum atomic E-state index is -0.348. The highest BCUT2D eigenvalue weighted by Crippen LogP contribution is 2.19. The lowest BCUT2D eigenvalue weighted by Gasteiger charge is -2.14.